The van der Waals surface area contributed by atoms with Gasteiger partial charge < -0.3 is 25.0 Å². The highest BCUT2D eigenvalue weighted by Crippen LogP contribution is 2.57. The van der Waals surface area contributed by atoms with E-state index in [1.807, 2.05) is 20.8 Å². The molecular weight excluding hydrogens is 407 g/mol. The largest absolute Gasteiger partial charge is 0.507 e. The quantitative estimate of drug-likeness (QED) is 0.455. The fourth-order valence-corrected chi connectivity index (χ4v) is 6.37. The van der Waals surface area contributed by atoms with Crippen LogP contribution in [-0.2, 0) is 4.57 Å². The first-order valence-corrected chi connectivity index (χ1v) is 11.4. The second-order valence-corrected chi connectivity index (χ2v) is 11.4. The second-order valence-electron chi connectivity index (χ2n) is 8.75. The summed E-state index contributed by atoms with van der Waals surface area (Å²) in [6, 6.07) is 7.14. The van der Waals surface area contributed by atoms with Gasteiger partial charge in [0.05, 0.1) is 0 Å². The minimum atomic E-state index is -4.51. The summed E-state index contributed by atoms with van der Waals surface area (Å²) in [5.41, 5.74) is -3.85. The van der Waals surface area contributed by atoms with Gasteiger partial charge in [-0.05, 0) is 42.0 Å². The van der Waals surface area contributed by atoms with E-state index in [0.717, 1.165) is 24.3 Å². The molecule has 30 heavy (non-hydrogen) atoms. The van der Waals surface area contributed by atoms with Gasteiger partial charge in [-0.25, -0.2) is 0 Å². The number of hydrogen-bond acceptors (Lipinski definition) is 7. The zero-order valence-corrected chi connectivity index (χ0v) is 18.3. The molecule has 8 heteroatoms. The lowest BCUT2D eigenvalue weighted by molar-refractivity contribution is 0.103. The lowest BCUT2D eigenvalue weighted by atomic mass is 9.86. The topological polar surface area (TPSA) is 132 Å². The summed E-state index contributed by atoms with van der Waals surface area (Å²) < 4.78 is 14.0. The summed E-state index contributed by atoms with van der Waals surface area (Å²) in [5, 5.41) is 40.4. The Bertz CT molecular complexity index is 913. The van der Waals surface area contributed by atoms with Crippen LogP contribution >= 0.6 is 7.14 Å². The van der Waals surface area contributed by atoms with Gasteiger partial charge in [0.2, 0.25) is 18.2 Å². The third kappa shape index (κ3) is 4.85. The van der Waals surface area contributed by atoms with E-state index in [0.29, 0.717) is 6.42 Å². The van der Waals surface area contributed by atoms with Crippen molar-refractivity contribution in [2.75, 3.05) is 6.16 Å². The molecule has 7 nitrogen and oxygen atoms in total. The Morgan fingerprint density at radius 2 is 1.17 bits per heavy atom. The van der Waals surface area contributed by atoms with Crippen LogP contribution in [0, 0.1) is 11.3 Å². The Morgan fingerprint density at radius 3 is 1.47 bits per heavy atom. The van der Waals surface area contributed by atoms with Crippen molar-refractivity contribution in [3.05, 3.63) is 47.5 Å². The van der Waals surface area contributed by atoms with E-state index in [-0.39, 0.29) is 17.5 Å². The van der Waals surface area contributed by atoms with Gasteiger partial charge in [-0.3, -0.25) is 9.59 Å². The van der Waals surface area contributed by atoms with Crippen molar-refractivity contribution in [2.24, 2.45) is 11.3 Å². The number of rotatable bonds is 7. The molecule has 0 aromatic heterocycles. The standard InChI is InChI=1S/C22H27O7P/c1-13(11-22(2,3)4)12-30(29,20(27)18-14(23)7-5-8-15(18)24)21(28)19-16(25)9-6-10-17(19)26/h5-10,13,23-26H,11-12H2,1-4H3. The highest BCUT2D eigenvalue weighted by atomic mass is 31.2. The molecular formula is C22H27O7P. The molecule has 1 unspecified atom stereocenters. The van der Waals surface area contributed by atoms with Crippen molar-refractivity contribution in [2.45, 2.75) is 34.1 Å². The Morgan fingerprint density at radius 1 is 0.833 bits per heavy atom. The Kier molecular flexibility index (Phi) is 6.67. The minimum absolute atomic E-state index is 0.176. The molecule has 0 bridgehead atoms. The van der Waals surface area contributed by atoms with Crippen molar-refractivity contribution >= 4 is 18.2 Å². The smallest absolute Gasteiger partial charge is 0.236 e. The molecule has 0 heterocycles. The summed E-state index contributed by atoms with van der Waals surface area (Å²) in [4.78, 5) is 26.6. The molecule has 2 aromatic rings. The fraction of sp³-hybridized carbons (Fsp3) is 0.364. The van der Waals surface area contributed by atoms with Crippen LogP contribution in [0.25, 0.3) is 0 Å². The molecule has 0 amide bonds. The van der Waals surface area contributed by atoms with Crippen LogP contribution in [-0.4, -0.2) is 37.6 Å². The number of phenolic OH excluding ortho intramolecular Hbond substituents is 4. The molecule has 0 radical (unpaired) electrons. The van der Waals surface area contributed by atoms with Crippen LogP contribution < -0.4 is 0 Å². The molecule has 0 aliphatic carbocycles. The third-order valence-electron chi connectivity index (χ3n) is 4.65. The molecule has 4 N–H and O–H groups in total. The molecule has 0 aliphatic heterocycles. The highest BCUT2D eigenvalue weighted by molar-refractivity contribution is 7.95. The Labute approximate surface area is 175 Å². The average Bonchev–Trinajstić information content (AvgIpc) is 2.59. The highest BCUT2D eigenvalue weighted by Gasteiger charge is 2.46. The minimum Gasteiger partial charge on any atom is -0.507 e. The van der Waals surface area contributed by atoms with Crippen molar-refractivity contribution in [1.82, 2.24) is 0 Å². The maximum absolute atomic E-state index is 14.0. The van der Waals surface area contributed by atoms with Gasteiger partial charge >= 0.3 is 0 Å². The van der Waals surface area contributed by atoms with Gasteiger partial charge in [0, 0.05) is 6.16 Å². The summed E-state index contributed by atoms with van der Waals surface area (Å²) in [5.74, 6) is -2.79. The Balaban J connectivity index is 2.65. The first kappa shape index (κ1) is 23.5. The zero-order chi connectivity index (χ0) is 22.9. The zero-order valence-electron chi connectivity index (χ0n) is 17.4. The van der Waals surface area contributed by atoms with E-state index in [1.165, 1.54) is 12.1 Å². The van der Waals surface area contributed by atoms with E-state index in [9.17, 15) is 34.6 Å². The molecule has 0 spiro atoms. The predicted octanol–water partition coefficient (Wildman–Crippen LogP) is 4.93. The summed E-state index contributed by atoms with van der Waals surface area (Å²) >= 11 is 0. The van der Waals surface area contributed by atoms with Gasteiger partial charge in [-0.2, -0.15) is 0 Å². The van der Waals surface area contributed by atoms with E-state index in [1.54, 1.807) is 6.92 Å². The van der Waals surface area contributed by atoms with Crippen molar-refractivity contribution < 1.29 is 34.6 Å². The fourth-order valence-electron chi connectivity index (χ4n) is 3.66. The molecule has 2 rings (SSSR count). The number of hydrogen-bond donors (Lipinski definition) is 4. The first-order chi connectivity index (χ1) is 13.8. The van der Waals surface area contributed by atoms with Gasteiger partial charge in [0.15, 0.2) is 0 Å². The van der Waals surface area contributed by atoms with E-state index < -0.39 is 52.3 Å². The van der Waals surface area contributed by atoms with Crippen molar-refractivity contribution in [3.8, 4) is 23.0 Å². The van der Waals surface area contributed by atoms with Crippen LogP contribution in [0.1, 0.15) is 54.8 Å². The van der Waals surface area contributed by atoms with E-state index >= 15 is 0 Å². The van der Waals surface area contributed by atoms with Crippen LogP contribution in [0.2, 0.25) is 0 Å². The van der Waals surface area contributed by atoms with Gasteiger partial charge in [-0.15, -0.1) is 0 Å². The molecule has 0 saturated carbocycles. The van der Waals surface area contributed by atoms with Crippen LogP contribution in [0.5, 0.6) is 23.0 Å². The number of benzene rings is 2. The third-order valence-corrected chi connectivity index (χ3v) is 7.55. The number of carbonyl (C=O) groups is 2. The average molecular weight is 434 g/mol. The second kappa shape index (κ2) is 8.52. The number of aromatic hydroxyl groups is 4. The summed E-state index contributed by atoms with van der Waals surface area (Å²) in [6.45, 7) is 7.62. The maximum atomic E-state index is 14.0. The summed E-state index contributed by atoms with van der Waals surface area (Å²) in [7, 11) is -4.51. The van der Waals surface area contributed by atoms with Gasteiger partial charge in [-0.1, -0.05) is 39.8 Å². The molecule has 0 saturated heterocycles. The van der Waals surface area contributed by atoms with E-state index in [4.69, 9.17) is 0 Å². The molecule has 1 atom stereocenters. The van der Waals surface area contributed by atoms with Crippen LogP contribution in [0.3, 0.4) is 0 Å². The molecule has 162 valence electrons. The monoisotopic (exact) mass is 434 g/mol. The first-order valence-electron chi connectivity index (χ1n) is 9.48. The van der Waals surface area contributed by atoms with E-state index in [2.05, 4.69) is 0 Å². The van der Waals surface area contributed by atoms with Crippen molar-refractivity contribution in [3.63, 3.8) is 0 Å². The molecule has 0 fully saturated rings. The maximum Gasteiger partial charge on any atom is 0.236 e. The SMILES string of the molecule is CC(CC(C)(C)C)CP(=O)(C(=O)c1c(O)cccc1O)C(=O)c1c(O)cccc1O. The molecule has 2 aromatic carbocycles. The van der Waals surface area contributed by atoms with Crippen molar-refractivity contribution in [1.29, 1.82) is 0 Å². The predicted molar refractivity (Wildman–Crippen MR) is 114 cm³/mol. The summed E-state index contributed by atoms with van der Waals surface area (Å²) in [6.07, 6.45) is 0.195. The van der Waals surface area contributed by atoms with Crippen LogP contribution in [0.15, 0.2) is 36.4 Å². The Hall–Kier alpha value is -2.79. The number of carbonyl (C=O) groups excluding carboxylic acids is 2. The molecule has 0 aliphatic rings. The number of phenols is 4. The lowest BCUT2D eigenvalue weighted by Crippen LogP contribution is -2.20. The normalized spacial score (nSPS) is 13.1. The van der Waals surface area contributed by atoms with Gasteiger partial charge in [0.1, 0.15) is 34.1 Å². The lowest BCUT2D eigenvalue weighted by Gasteiger charge is -2.26. The van der Waals surface area contributed by atoms with Crippen LogP contribution in [0.4, 0.5) is 0 Å². The van der Waals surface area contributed by atoms with Gasteiger partial charge in [0.25, 0.3) is 0 Å².